The lowest BCUT2D eigenvalue weighted by molar-refractivity contribution is -0.152. The van der Waals surface area contributed by atoms with Crippen LogP contribution in [0.3, 0.4) is 0 Å². The molecule has 0 amide bonds. The third-order valence-electron chi connectivity index (χ3n) is 15.0. The average molecular weight is 699 g/mol. The highest BCUT2D eigenvalue weighted by molar-refractivity contribution is 5.80. The maximum Gasteiger partial charge on any atom is 0.310 e. The Morgan fingerprint density at radius 1 is 0.686 bits per heavy atom. The van der Waals surface area contributed by atoms with Gasteiger partial charge in [0.1, 0.15) is 22.8 Å². The van der Waals surface area contributed by atoms with Crippen LogP contribution in [0, 0.1) is 82.9 Å². The first-order valence-corrected chi connectivity index (χ1v) is 19.9. The summed E-state index contributed by atoms with van der Waals surface area (Å²) in [5.74, 6) is 5.47. The first-order chi connectivity index (χ1) is 24.2. The molecule has 0 aromatic heterocycles. The smallest absolute Gasteiger partial charge is 0.310 e. The van der Waals surface area contributed by atoms with Gasteiger partial charge in [-0.2, -0.15) is 0 Å². The summed E-state index contributed by atoms with van der Waals surface area (Å²) >= 11 is 0. The van der Waals surface area contributed by atoms with E-state index in [4.69, 9.17) is 9.47 Å². The van der Waals surface area contributed by atoms with E-state index >= 15 is 0 Å². The number of carbonyl (C=O) groups excluding carboxylic acids is 4. The van der Waals surface area contributed by atoms with Crippen LogP contribution in [0.1, 0.15) is 99.8 Å². The fourth-order valence-corrected chi connectivity index (χ4v) is 12.0. The molecule has 278 valence electrons. The Kier molecular flexibility index (Phi) is 10.7. The minimum absolute atomic E-state index is 0.0520. The number of Topliss-reactive ketones (excluding diaryl/α,β-unsaturated/α-hetero) is 2. The Labute approximate surface area is 306 Å². The second kappa shape index (κ2) is 14.4. The standard InChI is InChI=1S/C24H34O3.C12H16O2.C9H12O/c1-7-16-11-19(20(12-16)15(5)25)14(4)10-18-13-17(8-2)21-22(18)24(6,9-3)27-23(21)26;1-3-12(2)10-8-5-4-7(6-8)9(10)11(13)14-12;1-6(10)9-5-7-2-3-8(9)4-7/h7-8,10,16-22H,1-2,9,11-13H2,3-6H3;4-5,7-10H,3,6H2,1-2H3;2-3,7-9H,4-5H2,1H3/b14-10-;;. The van der Waals surface area contributed by atoms with E-state index in [0.29, 0.717) is 47.2 Å². The Morgan fingerprint density at radius 3 is 1.80 bits per heavy atom. The molecule has 2 aliphatic heterocycles. The van der Waals surface area contributed by atoms with Crippen LogP contribution in [-0.2, 0) is 28.7 Å². The molecule has 2 heterocycles. The van der Waals surface area contributed by atoms with E-state index < -0.39 is 5.60 Å². The molecule has 8 aliphatic rings. The Bertz CT molecular complexity index is 1520. The molecule has 6 heteroatoms. The van der Waals surface area contributed by atoms with Crippen molar-refractivity contribution in [3.63, 3.8) is 0 Å². The van der Waals surface area contributed by atoms with E-state index in [-0.39, 0.29) is 58.8 Å². The third-order valence-corrected chi connectivity index (χ3v) is 15.0. The van der Waals surface area contributed by atoms with E-state index in [1.165, 1.54) is 18.4 Å². The van der Waals surface area contributed by atoms with Crippen LogP contribution in [0.25, 0.3) is 0 Å². The van der Waals surface area contributed by atoms with Crippen LogP contribution in [-0.4, -0.2) is 34.7 Å². The predicted octanol–water partition coefficient (Wildman–Crippen LogP) is 9.07. The van der Waals surface area contributed by atoms with Crippen molar-refractivity contribution in [3.8, 4) is 0 Å². The molecule has 51 heavy (non-hydrogen) atoms. The first kappa shape index (κ1) is 37.7. The van der Waals surface area contributed by atoms with E-state index in [2.05, 4.69) is 78.2 Å². The molecule has 6 aliphatic carbocycles. The molecular weight excluding hydrogens is 636 g/mol. The summed E-state index contributed by atoms with van der Waals surface area (Å²) in [6, 6.07) is 0. The average Bonchev–Trinajstić information content (AvgIpc) is 3.96. The fourth-order valence-electron chi connectivity index (χ4n) is 12.0. The van der Waals surface area contributed by atoms with Crippen molar-refractivity contribution in [1.82, 2.24) is 0 Å². The van der Waals surface area contributed by atoms with Crippen molar-refractivity contribution in [2.24, 2.45) is 82.9 Å². The zero-order chi connectivity index (χ0) is 37.0. The quantitative estimate of drug-likeness (QED) is 0.186. The van der Waals surface area contributed by atoms with Crippen molar-refractivity contribution in [3.05, 3.63) is 61.3 Å². The summed E-state index contributed by atoms with van der Waals surface area (Å²) in [5.41, 5.74) is 0.706. The maximum atomic E-state index is 12.6. The van der Waals surface area contributed by atoms with Gasteiger partial charge in [-0.05, 0) is 133 Å². The van der Waals surface area contributed by atoms with Crippen LogP contribution in [0.4, 0.5) is 0 Å². The molecule has 0 N–H and O–H groups in total. The van der Waals surface area contributed by atoms with Crippen molar-refractivity contribution < 1.29 is 28.7 Å². The van der Waals surface area contributed by atoms with Crippen LogP contribution in [0.2, 0.25) is 0 Å². The Hall–Kier alpha value is -3.02. The molecule has 6 fully saturated rings. The molecule has 2 saturated heterocycles. The zero-order valence-electron chi connectivity index (χ0n) is 32.1. The van der Waals surface area contributed by atoms with Crippen molar-refractivity contribution >= 4 is 23.5 Å². The number of cyclic esters (lactones) is 2. The van der Waals surface area contributed by atoms with Gasteiger partial charge in [0, 0.05) is 23.7 Å². The van der Waals surface area contributed by atoms with Crippen LogP contribution in [0.5, 0.6) is 0 Å². The molecule has 0 radical (unpaired) electrons. The molecule has 4 saturated carbocycles. The molecule has 6 nitrogen and oxygen atoms in total. The molecule has 4 bridgehead atoms. The van der Waals surface area contributed by atoms with Gasteiger partial charge < -0.3 is 9.47 Å². The molecule has 16 atom stereocenters. The topological polar surface area (TPSA) is 86.7 Å². The summed E-state index contributed by atoms with van der Waals surface area (Å²) in [6.45, 7) is 21.9. The minimum atomic E-state index is -0.403. The van der Waals surface area contributed by atoms with Crippen LogP contribution >= 0.6 is 0 Å². The first-order valence-electron chi connectivity index (χ1n) is 19.9. The van der Waals surface area contributed by atoms with Gasteiger partial charge in [-0.15, -0.1) is 13.2 Å². The highest BCUT2D eigenvalue weighted by Crippen LogP contribution is 2.58. The monoisotopic (exact) mass is 698 g/mol. The number of esters is 2. The molecule has 8 rings (SSSR count). The normalized spacial score (nSPS) is 46.5. The van der Waals surface area contributed by atoms with Crippen LogP contribution < -0.4 is 0 Å². The Morgan fingerprint density at radius 2 is 1.27 bits per heavy atom. The number of hydrogen-bond acceptors (Lipinski definition) is 6. The van der Waals surface area contributed by atoms with Gasteiger partial charge in [-0.3, -0.25) is 19.2 Å². The van der Waals surface area contributed by atoms with Gasteiger partial charge in [0.15, 0.2) is 0 Å². The number of hydrogen-bond donors (Lipinski definition) is 0. The number of rotatable bonds is 8. The number of carbonyl (C=O) groups is 4. The predicted molar refractivity (Wildman–Crippen MR) is 200 cm³/mol. The van der Waals surface area contributed by atoms with E-state index in [0.717, 1.165) is 44.4 Å². The van der Waals surface area contributed by atoms with E-state index in [1.54, 1.807) is 13.8 Å². The van der Waals surface area contributed by atoms with Crippen molar-refractivity contribution in [2.75, 3.05) is 0 Å². The molecule has 0 aromatic rings. The third kappa shape index (κ3) is 6.71. The number of fused-ring (bicyclic) bond motifs is 8. The number of ether oxygens (including phenoxy) is 2. The van der Waals surface area contributed by atoms with Crippen LogP contribution in [0.15, 0.2) is 61.3 Å². The summed E-state index contributed by atoms with van der Waals surface area (Å²) < 4.78 is 11.4. The van der Waals surface area contributed by atoms with Gasteiger partial charge >= 0.3 is 11.9 Å². The molecule has 16 unspecified atom stereocenters. The van der Waals surface area contributed by atoms with Crippen molar-refractivity contribution in [1.29, 1.82) is 0 Å². The summed E-state index contributed by atoms with van der Waals surface area (Å²) in [6.07, 6.45) is 23.5. The largest absolute Gasteiger partial charge is 0.459 e. The van der Waals surface area contributed by atoms with Gasteiger partial charge in [0.05, 0.1) is 11.8 Å². The second-order valence-electron chi connectivity index (χ2n) is 17.7. The van der Waals surface area contributed by atoms with Gasteiger partial charge in [0.2, 0.25) is 0 Å². The SMILES string of the molecule is C=CC1CC(C(C)=O)C(/C(C)=C\C2CC(C=C)C3C(=O)OC(C)(CC)C23)C1.CC(=O)C1CC2C=CC1C2.CCC1(C)OC(=O)C2C3C=CC(C3)C21. The van der Waals surface area contributed by atoms with Gasteiger partial charge in [-0.25, -0.2) is 0 Å². The molecule has 0 aromatic carbocycles. The Balaban J connectivity index is 0.000000153. The van der Waals surface area contributed by atoms with Gasteiger partial charge in [0.25, 0.3) is 0 Å². The highest BCUT2D eigenvalue weighted by atomic mass is 16.6. The van der Waals surface area contributed by atoms with Gasteiger partial charge in [-0.1, -0.05) is 62.0 Å². The summed E-state index contributed by atoms with van der Waals surface area (Å²) in [5, 5.41) is 0. The molecule has 0 spiro atoms. The number of allylic oxidation sites excluding steroid dienone is 8. The summed E-state index contributed by atoms with van der Waals surface area (Å²) in [4.78, 5) is 47.5. The fraction of sp³-hybridized carbons (Fsp3) is 0.689. The van der Waals surface area contributed by atoms with Crippen molar-refractivity contribution in [2.45, 2.75) is 111 Å². The lowest BCUT2D eigenvalue weighted by Crippen LogP contribution is -2.35. The zero-order valence-corrected chi connectivity index (χ0v) is 32.1. The second-order valence-corrected chi connectivity index (χ2v) is 17.7. The minimum Gasteiger partial charge on any atom is -0.459 e. The number of ketones is 2. The lowest BCUT2D eigenvalue weighted by Gasteiger charge is -2.31. The van der Waals surface area contributed by atoms with E-state index in [9.17, 15) is 19.2 Å². The highest BCUT2D eigenvalue weighted by Gasteiger charge is 2.62. The maximum absolute atomic E-state index is 12.6. The summed E-state index contributed by atoms with van der Waals surface area (Å²) in [7, 11) is 0. The lowest BCUT2D eigenvalue weighted by atomic mass is 9.74. The van der Waals surface area contributed by atoms with E-state index in [1.807, 2.05) is 12.2 Å². The molecular formula is C45H62O6.